The molecule has 0 spiro atoms. The number of halogens is 2. The maximum absolute atomic E-state index is 18.9. The molecule has 0 atom stereocenters. The maximum atomic E-state index is 18.9. The van der Waals surface area contributed by atoms with Crippen LogP contribution in [0, 0.1) is 18.6 Å². The van der Waals surface area contributed by atoms with Gasteiger partial charge in [0.15, 0.2) is 11.2 Å². The second kappa shape index (κ2) is 19.2. The highest BCUT2D eigenvalue weighted by Crippen LogP contribution is 2.56. The Kier molecular flexibility index (Phi) is 11.1. The first-order valence-corrected chi connectivity index (χ1v) is 27.9. The van der Waals surface area contributed by atoms with Gasteiger partial charge < -0.3 is 18.6 Å². The molecule has 0 fully saturated rings. The predicted molar refractivity (Wildman–Crippen MR) is 340 cm³/mol. The van der Waals surface area contributed by atoms with E-state index in [1.807, 2.05) is 182 Å². The number of nitrogens with zero attached hydrogens (tertiary/aromatic N) is 2. The zero-order valence-electron chi connectivity index (χ0n) is 44.9. The lowest BCUT2D eigenvalue weighted by Crippen LogP contribution is -2.17. The summed E-state index contributed by atoms with van der Waals surface area (Å²) in [5.74, 6) is -0.891. The summed E-state index contributed by atoms with van der Waals surface area (Å²) in [4.78, 5) is 4.12. The summed E-state index contributed by atoms with van der Waals surface area (Å²) in [5.41, 5.74) is 13.0. The van der Waals surface area contributed by atoms with E-state index >= 15 is 8.78 Å². The van der Waals surface area contributed by atoms with E-state index in [1.165, 1.54) is 0 Å². The molecule has 0 saturated heterocycles. The van der Waals surface area contributed by atoms with Gasteiger partial charge >= 0.3 is 0 Å². The Morgan fingerprint density at radius 3 is 1.11 bits per heavy atom. The lowest BCUT2D eigenvalue weighted by atomic mass is 9.89. The van der Waals surface area contributed by atoms with Crippen molar-refractivity contribution in [3.05, 3.63) is 290 Å². The number of hydrogen-bond acceptors (Lipinski definition) is 4. The third kappa shape index (κ3) is 7.79. The molecule has 392 valence electrons. The molecule has 2 heterocycles. The Morgan fingerprint density at radius 1 is 0.289 bits per heavy atom. The van der Waals surface area contributed by atoms with E-state index in [4.69, 9.17) is 8.83 Å². The summed E-state index contributed by atoms with van der Waals surface area (Å²) < 4.78 is 51.9. The second-order valence-electron chi connectivity index (χ2n) is 21.4. The van der Waals surface area contributed by atoms with Crippen molar-refractivity contribution in [1.82, 2.24) is 0 Å². The highest BCUT2D eigenvalue weighted by molar-refractivity contribution is 6.30. The zero-order valence-corrected chi connectivity index (χ0v) is 44.9. The van der Waals surface area contributed by atoms with Gasteiger partial charge in [-0.25, -0.2) is 8.78 Å². The van der Waals surface area contributed by atoms with Crippen LogP contribution in [0.3, 0.4) is 0 Å². The highest BCUT2D eigenvalue weighted by Gasteiger charge is 2.33. The third-order valence-corrected chi connectivity index (χ3v) is 16.5. The van der Waals surface area contributed by atoms with Gasteiger partial charge in [0.25, 0.3) is 0 Å². The summed E-state index contributed by atoms with van der Waals surface area (Å²) in [6, 6.07) is 91.0. The molecule has 16 rings (SSSR count). The van der Waals surface area contributed by atoms with Crippen LogP contribution in [-0.4, -0.2) is 0 Å². The normalized spacial score (nSPS) is 11.8. The van der Waals surface area contributed by atoms with Crippen LogP contribution >= 0.6 is 0 Å². The second-order valence-corrected chi connectivity index (χ2v) is 21.4. The average molecular weight is 1070 g/mol. The fourth-order valence-electron chi connectivity index (χ4n) is 12.9. The first-order valence-electron chi connectivity index (χ1n) is 27.9. The van der Waals surface area contributed by atoms with Crippen LogP contribution in [-0.2, 0) is 0 Å². The van der Waals surface area contributed by atoms with E-state index in [-0.39, 0.29) is 0 Å². The molecule has 6 heteroatoms. The highest BCUT2D eigenvalue weighted by atomic mass is 19.1. The van der Waals surface area contributed by atoms with Crippen molar-refractivity contribution in [3.63, 3.8) is 0 Å². The number of para-hydroxylation sites is 4. The molecular weight excluding hydrogens is 1020 g/mol. The summed E-state index contributed by atoms with van der Waals surface area (Å²) in [7, 11) is 0. The average Bonchev–Trinajstić information content (AvgIpc) is 2.46. The van der Waals surface area contributed by atoms with Gasteiger partial charge in [0.05, 0.1) is 34.1 Å². The number of furan rings is 2. The predicted octanol–water partition coefficient (Wildman–Crippen LogP) is 22.6. The van der Waals surface area contributed by atoms with Crippen molar-refractivity contribution in [1.29, 1.82) is 0 Å². The van der Waals surface area contributed by atoms with E-state index in [9.17, 15) is 0 Å². The van der Waals surface area contributed by atoms with E-state index in [0.29, 0.717) is 67.6 Å². The van der Waals surface area contributed by atoms with Crippen molar-refractivity contribution < 1.29 is 17.6 Å². The number of anilines is 6. The van der Waals surface area contributed by atoms with E-state index in [2.05, 4.69) is 95.6 Å². The van der Waals surface area contributed by atoms with Crippen LogP contribution < -0.4 is 9.80 Å². The molecule has 0 aliphatic rings. The van der Waals surface area contributed by atoms with Gasteiger partial charge in [-0.15, -0.1) is 0 Å². The Morgan fingerprint density at radius 2 is 0.675 bits per heavy atom. The number of hydrogen-bond donors (Lipinski definition) is 0. The third-order valence-electron chi connectivity index (χ3n) is 16.5. The molecule has 0 saturated carbocycles. The minimum atomic E-state index is -0.445. The summed E-state index contributed by atoms with van der Waals surface area (Å²) in [5, 5.41) is 9.40. The van der Waals surface area contributed by atoms with Crippen LogP contribution in [0.4, 0.5) is 42.9 Å². The molecule has 2 aromatic heterocycles. The van der Waals surface area contributed by atoms with Crippen LogP contribution in [0.2, 0.25) is 0 Å². The minimum absolute atomic E-state index is 0.315. The maximum Gasteiger partial charge on any atom is 0.159 e. The first kappa shape index (κ1) is 48.1. The molecule has 14 aromatic carbocycles. The minimum Gasteiger partial charge on any atom is -0.454 e. The topological polar surface area (TPSA) is 32.8 Å². The number of benzene rings is 14. The molecule has 0 aliphatic carbocycles. The van der Waals surface area contributed by atoms with Crippen LogP contribution in [0.1, 0.15) is 5.56 Å². The molecule has 4 nitrogen and oxygen atoms in total. The smallest absolute Gasteiger partial charge is 0.159 e. The van der Waals surface area contributed by atoms with Crippen LogP contribution in [0.15, 0.2) is 282 Å². The fraction of sp³-hybridized carbons (Fsp3) is 0.0130. The van der Waals surface area contributed by atoms with Crippen molar-refractivity contribution in [2.75, 3.05) is 9.80 Å². The van der Waals surface area contributed by atoms with E-state index < -0.39 is 11.6 Å². The van der Waals surface area contributed by atoms with Gasteiger partial charge in [-0.1, -0.05) is 218 Å². The molecule has 16 aromatic rings. The fourth-order valence-corrected chi connectivity index (χ4v) is 12.9. The van der Waals surface area contributed by atoms with Gasteiger partial charge in [-0.3, -0.25) is 0 Å². The van der Waals surface area contributed by atoms with Crippen LogP contribution in [0.5, 0.6) is 0 Å². The van der Waals surface area contributed by atoms with Crippen molar-refractivity contribution in [2.24, 2.45) is 0 Å². The van der Waals surface area contributed by atoms with Gasteiger partial charge in [0, 0.05) is 48.8 Å². The number of aryl methyl sites for hydroxylation is 1. The van der Waals surface area contributed by atoms with E-state index in [0.717, 1.165) is 92.8 Å². The lowest BCUT2D eigenvalue weighted by Gasteiger charge is -2.34. The summed E-state index contributed by atoms with van der Waals surface area (Å²) in [6.45, 7) is 2.12. The monoisotopic (exact) mass is 1070 g/mol. The van der Waals surface area contributed by atoms with E-state index in [1.54, 1.807) is 12.1 Å². The Hall–Kier alpha value is -10.8. The molecule has 0 unspecified atom stereocenters. The number of rotatable bonds is 10. The van der Waals surface area contributed by atoms with Gasteiger partial charge in [0.2, 0.25) is 0 Å². The van der Waals surface area contributed by atoms with Crippen molar-refractivity contribution in [2.45, 2.75) is 6.92 Å². The Labute approximate surface area is 476 Å². The van der Waals surface area contributed by atoms with Crippen molar-refractivity contribution >= 4 is 110 Å². The Bertz CT molecular complexity index is 4870. The molecule has 0 amide bonds. The molecule has 0 aliphatic heterocycles. The largest absolute Gasteiger partial charge is 0.454 e. The quantitative estimate of drug-likeness (QED) is 0.128. The van der Waals surface area contributed by atoms with Crippen LogP contribution in [0.25, 0.3) is 121 Å². The molecule has 83 heavy (non-hydrogen) atoms. The molecule has 0 radical (unpaired) electrons. The molecular formula is C77H48F2N2O2. The van der Waals surface area contributed by atoms with Gasteiger partial charge in [-0.05, 0) is 117 Å². The summed E-state index contributed by atoms with van der Waals surface area (Å²) in [6.07, 6.45) is 0. The standard InChI is InChI=1S/C77H48F2N2O2/c1-47-40-52-36-38-60-68(80(66-32-18-30-58-56-28-14-16-34-70(56)82-76(58)66)74-62(50-24-10-4-11-25-50)42-54(44-64(74)78)48-20-6-2-7-21-48)46-69(61-39-37-53(41-47)72(52)73(60)61)81(67-33-19-31-59-57-29-15-17-35-71(57)83-77(59)67)75-63(51-26-12-5-13-27-51)43-55(45-65(75)79)49-22-8-3-9-23-49/h2-46H,1H3. The first-order chi connectivity index (χ1) is 40.9. The molecule has 0 N–H and O–H groups in total. The summed E-state index contributed by atoms with van der Waals surface area (Å²) >= 11 is 0. The van der Waals surface area contributed by atoms with Gasteiger partial charge in [-0.2, -0.15) is 0 Å². The SMILES string of the molecule is Cc1cc2ccc3c(N(c4c(F)cc(-c5ccccc5)cc4-c4ccccc4)c4cccc5c4oc4ccccc45)cc(N(c4c(F)cc(-c5ccccc5)cc4-c4ccccc4)c4cccc5c4oc4ccccc45)c4ccc(c1)c2c34. The molecule has 0 bridgehead atoms. The zero-order chi connectivity index (χ0) is 55.3. The lowest BCUT2D eigenvalue weighted by molar-refractivity contribution is 0.629. The van der Waals surface area contributed by atoms with Gasteiger partial charge in [0.1, 0.15) is 22.8 Å². The number of fused-ring (bicyclic) bond motifs is 6. The van der Waals surface area contributed by atoms with Crippen molar-refractivity contribution in [3.8, 4) is 44.5 Å². The Balaban J connectivity index is 1.10.